The molecule has 0 aliphatic carbocycles. The molecule has 20 heavy (non-hydrogen) atoms. The van der Waals surface area contributed by atoms with Crippen LogP contribution in [0.5, 0.6) is 0 Å². The highest BCUT2D eigenvalue weighted by Crippen LogP contribution is 2.10. The number of pyridine rings is 1. The summed E-state index contributed by atoms with van der Waals surface area (Å²) in [7, 11) is -3.64. The number of sulfonamides is 1. The molecule has 0 aliphatic heterocycles. The molecule has 1 atom stereocenters. The predicted molar refractivity (Wildman–Crippen MR) is 77.6 cm³/mol. The van der Waals surface area contributed by atoms with Gasteiger partial charge in [0.25, 0.3) is 10.0 Å². The van der Waals surface area contributed by atoms with Gasteiger partial charge in [0.05, 0.1) is 6.61 Å². The van der Waals surface area contributed by atoms with Crippen molar-refractivity contribution in [1.29, 1.82) is 0 Å². The summed E-state index contributed by atoms with van der Waals surface area (Å²) in [5.74, 6) is 0.125. The molecule has 0 aromatic carbocycles. The first-order valence-electron chi connectivity index (χ1n) is 6.65. The molecule has 7 heteroatoms. The van der Waals surface area contributed by atoms with E-state index in [4.69, 9.17) is 10.5 Å². The van der Waals surface area contributed by atoms with Gasteiger partial charge in [0, 0.05) is 25.4 Å². The van der Waals surface area contributed by atoms with Crippen LogP contribution in [0.3, 0.4) is 0 Å². The number of aromatic nitrogens is 1. The molecule has 1 unspecified atom stereocenters. The highest BCUT2D eigenvalue weighted by atomic mass is 32.2. The first-order valence-corrected chi connectivity index (χ1v) is 8.14. The van der Waals surface area contributed by atoms with Gasteiger partial charge in [0.15, 0.2) is 5.03 Å². The minimum atomic E-state index is -3.64. The fourth-order valence-electron chi connectivity index (χ4n) is 1.56. The van der Waals surface area contributed by atoms with E-state index in [2.05, 4.69) is 9.71 Å². The van der Waals surface area contributed by atoms with Crippen molar-refractivity contribution in [3.63, 3.8) is 0 Å². The minimum absolute atomic E-state index is 0.00292. The quantitative estimate of drug-likeness (QED) is 0.743. The molecule has 0 radical (unpaired) electrons. The van der Waals surface area contributed by atoms with E-state index in [-0.39, 0.29) is 17.0 Å². The van der Waals surface area contributed by atoms with Gasteiger partial charge in [-0.3, -0.25) is 0 Å². The van der Waals surface area contributed by atoms with Crippen LogP contribution in [0.2, 0.25) is 0 Å². The highest BCUT2D eigenvalue weighted by molar-refractivity contribution is 7.89. The van der Waals surface area contributed by atoms with Crippen molar-refractivity contribution in [3.05, 3.63) is 23.9 Å². The van der Waals surface area contributed by atoms with Gasteiger partial charge in [-0.15, -0.1) is 0 Å². The smallest absolute Gasteiger partial charge is 0.258 e. The molecule has 0 aliphatic rings. The summed E-state index contributed by atoms with van der Waals surface area (Å²) in [6, 6.07) is 2.84. The second-order valence-electron chi connectivity index (χ2n) is 4.84. The predicted octanol–water partition coefficient (Wildman–Crippen LogP) is 0.880. The summed E-state index contributed by atoms with van der Waals surface area (Å²) in [6.45, 7) is 6.98. The molecule has 1 aromatic rings. The van der Waals surface area contributed by atoms with Crippen molar-refractivity contribution in [1.82, 2.24) is 9.71 Å². The number of hydrogen-bond donors (Lipinski definition) is 2. The van der Waals surface area contributed by atoms with Crippen LogP contribution in [0.1, 0.15) is 26.3 Å². The molecule has 0 saturated heterocycles. The van der Waals surface area contributed by atoms with Crippen molar-refractivity contribution in [2.75, 3.05) is 13.2 Å². The number of nitrogens with zero attached hydrogens (tertiary/aromatic N) is 1. The molecule has 1 aromatic heterocycles. The van der Waals surface area contributed by atoms with Crippen LogP contribution >= 0.6 is 0 Å². The van der Waals surface area contributed by atoms with Crippen LogP contribution in [0.4, 0.5) is 0 Å². The summed E-state index contributed by atoms with van der Waals surface area (Å²) in [5, 5.41) is -0.00292. The lowest BCUT2D eigenvalue weighted by Gasteiger charge is -2.21. The van der Waals surface area contributed by atoms with Gasteiger partial charge < -0.3 is 10.5 Å². The number of hydrogen-bond acceptors (Lipinski definition) is 5. The molecular weight excluding hydrogens is 278 g/mol. The molecule has 0 amide bonds. The molecule has 0 spiro atoms. The fourth-order valence-corrected chi connectivity index (χ4v) is 2.86. The zero-order chi connectivity index (χ0) is 15.2. The van der Waals surface area contributed by atoms with E-state index < -0.39 is 10.0 Å². The Morgan fingerprint density at radius 2 is 2.10 bits per heavy atom. The van der Waals surface area contributed by atoms with Crippen LogP contribution in [0, 0.1) is 5.92 Å². The Kier molecular flexibility index (Phi) is 6.54. The minimum Gasteiger partial charge on any atom is -0.380 e. The van der Waals surface area contributed by atoms with E-state index in [1.165, 1.54) is 12.3 Å². The normalized spacial score (nSPS) is 13.7. The molecule has 114 valence electrons. The number of nitrogens with one attached hydrogen (secondary N) is 1. The van der Waals surface area contributed by atoms with E-state index in [9.17, 15) is 8.42 Å². The molecule has 1 rings (SSSR count). The summed E-state index contributed by atoms with van der Waals surface area (Å²) in [5.41, 5.74) is 6.25. The van der Waals surface area contributed by atoms with Crippen LogP contribution < -0.4 is 10.5 Å². The number of ether oxygens (including phenoxy) is 1. The number of nitrogens with two attached hydrogens (primary N) is 1. The average molecular weight is 301 g/mol. The van der Waals surface area contributed by atoms with E-state index in [1.807, 2.05) is 20.8 Å². The van der Waals surface area contributed by atoms with Crippen LogP contribution in [-0.4, -0.2) is 32.7 Å². The maximum absolute atomic E-state index is 12.2. The topological polar surface area (TPSA) is 94.3 Å². The van der Waals surface area contributed by atoms with Crippen LogP contribution in [0.25, 0.3) is 0 Å². The fraction of sp³-hybridized carbons (Fsp3) is 0.615. The van der Waals surface area contributed by atoms with Crippen molar-refractivity contribution in [2.45, 2.75) is 38.4 Å². The molecule has 0 fully saturated rings. The van der Waals surface area contributed by atoms with Crippen molar-refractivity contribution in [2.24, 2.45) is 11.7 Å². The molecule has 6 nitrogen and oxygen atoms in total. The lowest BCUT2D eigenvalue weighted by molar-refractivity contribution is 0.116. The SMILES string of the molecule is CCOCC(NS(=O)(=O)c1ccc(CN)cn1)C(C)C. The Morgan fingerprint density at radius 3 is 2.55 bits per heavy atom. The third-order valence-corrected chi connectivity index (χ3v) is 4.33. The zero-order valence-electron chi connectivity index (χ0n) is 12.2. The molecular formula is C13H23N3O3S. The lowest BCUT2D eigenvalue weighted by atomic mass is 10.1. The Bertz CT molecular complexity index is 500. The second-order valence-corrected chi connectivity index (χ2v) is 6.50. The Hall–Kier alpha value is -1.02. The van der Waals surface area contributed by atoms with Crippen molar-refractivity contribution >= 4 is 10.0 Å². The van der Waals surface area contributed by atoms with Crippen LogP contribution in [0.15, 0.2) is 23.4 Å². The summed E-state index contributed by atoms with van der Waals surface area (Å²) >= 11 is 0. The summed E-state index contributed by atoms with van der Waals surface area (Å²) < 4.78 is 32.4. The zero-order valence-corrected chi connectivity index (χ0v) is 13.0. The first-order chi connectivity index (χ1) is 9.40. The van der Waals surface area contributed by atoms with Gasteiger partial charge in [0.1, 0.15) is 0 Å². The maximum atomic E-state index is 12.2. The third-order valence-electron chi connectivity index (χ3n) is 2.92. The summed E-state index contributed by atoms with van der Waals surface area (Å²) in [4.78, 5) is 3.94. The van der Waals surface area contributed by atoms with Crippen LogP contribution in [-0.2, 0) is 21.3 Å². The van der Waals surface area contributed by atoms with Gasteiger partial charge in [-0.25, -0.2) is 18.1 Å². The highest BCUT2D eigenvalue weighted by Gasteiger charge is 2.23. The number of rotatable bonds is 8. The van der Waals surface area contributed by atoms with E-state index in [0.717, 1.165) is 5.56 Å². The monoisotopic (exact) mass is 301 g/mol. The van der Waals surface area contributed by atoms with Gasteiger partial charge in [-0.1, -0.05) is 19.9 Å². The Morgan fingerprint density at radius 1 is 1.40 bits per heavy atom. The molecule has 1 heterocycles. The third kappa shape index (κ3) is 4.82. The molecule has 3 N–H and O–H groups in total. The Labute approximate surface area is 120 Å². The van der Waals surface area contributed by atoms with Crippen molar-refractivity contribution < 1.29 is 13.2 Å². The summed E-state index contributed by atoms with van der Waals surface area (Å²) in [6.07, 6.45) is 1.47. The average Bonchev–Trinajstić information content (AvgIpc) is 2.43. The van der Waals surface area contributed by atoms with Gasteiger partial charge in [0.2, 0.25) is 0 Å². The molecule has 0 saturated carbocycles. The lowest BCUT2D eigenvalue weighted by Crippen LogP contribution is -2.42. The van der Waals surface area contributed by atoms with Crippen molar-refractivity contribution in [3.8, 4) is 0 Å². The van der Waals surface area contributed by atoms with E-state index in [0.29, 0.717) is 19.8 Å². The largest absolute Gasteiger partial charge is 0.380 e. The van der Waals surface area contributed by atoms with Gasteiger partial charge in [-0.05, 0) is 24.5 Å². The van der Waals surface area contributed by atoms with E-state index >= 15 is 0 Å². The molecule has 0 bridgehead atoms. The van der Waals surface area contributed by atoms with Gasteiger partial charge in [-0.2, -0.15) is 0 Å². The first kappa shape index (κ1) is 17.0. The standard InChI is InChI=1S/C13H23N3O3S/c1-4-19-9-12(10(2)3)16-20(17,18)13-6-5-11(7-14)8-15-13/h5-6,8,10,12,16H,4,7,9,14H2,1-3H3. The van der Waals surface area contributed by atoms with Gasteiger partial charge >= 0.3 is 0 Å². The maximum Gasteiger partial charge on any atom is 0.258 e. The van der Waals surface area contributed by atoms with E-state index in [1.54, 1.807) is 6.07 Å². The second kappa shape index (κ2) is 7.68. The Balaban J connectivity index is 2.85.